The van der Waals surface area contributed by atoms with Gasteiger partial charge in [0.15, 0.2) is 0 Å². The summed E-state index contributed by atoms with van der Waals surface area (Å²) in [4.78, 5) is 4.48. The summed E-state index contributed by atoms with van der Waals surface area (Å²) in [7, 11) is 0. The minimum absolute atomic E-state index is 0.513. The third-order valence-corrected chi connectivity index (χ3v) is 4.50. The number of halogens is 1. The van der Waals surface area contributed by atoms with Crippen LogP contribution in [-0.4, -0.2) is 11.0 Å². The Labute approximate surface area is 126 Å². The summed E-state index contributed by atoms with van der Waals surface area (Å²) in [5.74, 6) is 0.724. The van der Waals surface area contributed by atoms with Crippen molar-refractivity contribution in [2.75, 3.05) is 0 Å². The molecule has 1 N–H and O–H groups in total. The van der Waals surface area contributed by atoms with Gasteiger partial charge < -0.3 is 5.32 Å². The second-order valence-corrected chi connectivity index (χ2v) is 5.76. The second-order valence-electron chi connectivity index (χ2n) is 5.35. The summed E-state index contributed by atoms with van der Waals surface area (Å²) in [6.45, 7) is 7.61. The lowest BCUT2D eigenvalue weighted by molar-refractivity contribution is 0.353. The number of hydrogen-bond donors (Lipinski definition) is 1. The maximum atomic E-state index is 6.23. The van der Waals surface area contributed by atoms with Crippen LogP contribution in [0.3, 0.4) is 0 Å². The van der Waals surface area contributed by atoms with Crippen molar-refractivity contribution in [3.05, 3.63) is 41.0 Å². The van der Waals surface area contributed by atoms with Crippen molar-refractivity contribution in [1.82, 2.24) is 10.3 Å². The van der Waals surface area contributed by atoms with Crippen LogP contribution in [0.25, 0.3) is 10.9 Å². The van der Waals surface area contributed by atoms with Crippen molar-refractivity contribution in [1.29, 1.82) is 0 Å². The van der Waals surface area contributed by atoms with Crippen molar-refractivity contribution in [2.24, 2.45) is 5.92 Å². The van der Waals surface area contributed by atoms with Gasteiger partial charge in [0.05, 0.1) is 5.52 Å². The summed E-state index contributed by atoms with van der Waals surface area (Å²) in [6, 6.07) is 8.50. The fourth-order valence-electron chi connectivity index (χ4n) is 2.77. The third-order valence-electron chi connectivity index (χ3n) is 4.17. The molecule has 2 rings (SSSR count). The van der Waals surface area contributed by atoms with E-state index in [1.807, 2.05) is 24.4 Å². The van der Waals surface area contributed by atoms with Crippen molar-refractivity contribution in [3.63, 3.8) is 0 Å². The maximum Gasteiger partial charge on any atom is 0.0761 e. The molecule has 1 unspecified atom stereocenters. The van der Waals surface area contributed by atoms with Gasteiger partial charge in [-0.3, -0.25) is 4.98 Å². The molecule has 0 saturated heterocycles. The fraction of sp³-hybridized carbons (Fsp3) is 0.471. The number of hydrogen-bond acceptors (Lipinski definition) is 2. The van der Waals surface area contributed by atoms with E-state index in [0.717, 1.165) is 28.4 Å². The number of aromatic nitrogens is 1. The fourth-order valence-corrected chi connectivity index (χ4v) is 2.99. The molecule has 1 aromatic heterocycles. The van der Waals surface area contributed by atoms with Crippen molar-refractivity contribution in [3.8, 4) is 0 Å². The van der Waals surface area contributed by atoms with E-state index in [2.05, 4.69) is 37.1 Å². The molecule has 1 atom stereocenters. The molecule has 0 spiro atoms. The Kier molecular flexibility index (Phi) is 5.38. The number of rotatable bonds is 6. The summed E-state index contributed by atoms with van der Waals surface area (Å²) in [5, 5.41) is 5.43. The zero-order chi connectivity index (χ0) is 14.5. The molecule has 108 valence electrons. The molecule has 0 amide bonds. The van der Waals surface area contributed by atoms with Crippen LogP contribution >= 0.6 is 11.6 Å². The number of nitrogens with zero attached hydrogens (tertiary/aromatic N) is 1. The predicted octanol–water partition coefficient (Wildman–Crippen LogP) is 4.80. The lowest BCUT2D eigenvalue weighted by Gasteiger charge is -2.23. The van der Waals surface area contributed by atoms with E-state index < -0.39 is 0 Å². The van der Waals surface area contributed by atoms with Gasteiger partial charge in [-0.2, -0.15) is 0 Å². The summed E-state index contributed by atoms with van der Waals surface area (Å²) in [6.07, 6.45) is 4.25. The molecular weight excluding hydrogens is 268 g/mol. The second kappa shape index (κ2) is 7.05. The molecule has 0 aliphatic rings. The summed E-state index contributed by atoms with van der Waals surface area (Å²) < 4.78 is 0. The van der Waals surface area contributed by atoms with E-state index in [-0.39, 0.29) is 0 Å². The average Bonchev–Trinajstić information content (AvgIpc) is 2.48. The quantitative estimate of drug-likeness (QED) is 0.826. The first-order valence-electron chi connectivity index (χ1n) is 7.42. The normalized spacial score (nSPS) is 13.1. The number of benzene rings is 1. The molecule has 1 aromatic carbocycles. The molecule has 3 heteroatoms. The van der Waals surface area contributed by atoms with Crippen LogP contribution in [0.15, 0.2) is 30.5 Å². The average molecular weight is 291 g/mol. The highest BCUT2D eigenvalue weighted by molar-refractivity contribution is 6.35. The van der Waals surface area contributed by atoms with Crippen LogP contribution in [0, 0.1) is 5.92 Å². The highest BCUT2D eigenvalue weighted by Gasteiger charge is 2.13. The summed E-state index contributed by atoms with van der Waals surface area (Å²) in [5.41, 5.74) is 2.21. The molecule has 2 aromatic rings. The van der Waals surface area contributed by atoms with Crippen molar-refractivity contribution >= 4 is 22.5 Å². The van der Waals surface area contributed by atoms with Crippen molar-refractivity contribution in [2.45, 2.75) is 46.2 Å². The van der Waals surface area contributed by atoms with Gasteiger partial charge in [-0.15, -0.1) is 0 Å². The maximum absolute atomic E-state index is 6.23. The Morgan fingerprint density at radius 2 is 1.95 bits per heavy atom. The van der Waals surface area contributed by atoms with E-state index in [1.54, 1.807) is 0 Å². The van der Waals surface area contributed by atoms with Gasteiger partial charge in [0.1, 0.15) is 0 Å². The minimum Gasteiger partial charge on any atom is -0.310 e. The molecule has 20 heavy (non-hydrogen) atoms. The van der Waals surface area contributed by atoms with Gasteiger partial charge in [0.2, 0.25) is 0 Å². The number of fused-ring (bicyclic) bond motifs is 1. The molecular formula is C17H23ClN2. The highest BCUT2D eigenvalue weighted by Crippen LogP contribution is 2.25. The predicted molar refractivity (Wildman–Crippen MR) is 87.1 cm³/mol. The van der Waals surface area contributed by atoms with Crippen LogP contribution in [-0.2, 0) is 6.54 Å². The Hall–Kier alpha value is -1.12. The first-order chi connectivity index (χ1) is 9.67. The molecule has 0 bridgehead atoms. The largest absolute Gasteiger partial charge is 0.310 e. The molecule has 2 nitrogen and oxygen atoms in total. The zero-order valence-electron chi connectivity index (χ0n) is 12.5. The molecule has 0 radical (unpaired) electrons. The lowest BCUT2D eigenvalue weighted by Crippen LogP contribution is -2.32. The van der Waals surface area contributed by atoms with Gasteiger partial charge in [0, 0.05) is 29.2 Å². The molecule has 0 aliphatic carbocycles. The first kappa shape index (κ1) is 15.3. The monoisotopic (exact) mass is 290 g/mol. The molecule has 0 fully saturated rings. The van der Waals surface area contributed by atoms with Gasteiger partial charge in [0.25, 0.3) is 0 Å². The van der Waals surface area contributed by atoms with Crippen molar-refractivity contribution < 1.29 is 0 Å². The molecule has 1 heterocycles. The van der Waals surface area contributed by atoms with E-state index in [0.29, 0.717) is 6.04 Å². The Bertz CT molecular complexity index is 564. The Morgan fingerprint density at radius 1 is 1.20 bits per heavy atom. The van der Waals surface area contributed by atoms with E-state index in [9.17, 15) is 0 Å². The Morgan fingerprint density at radius 3 is 2.65 bits per heavy atom. The molecule has 0 aliphatic heterocycles. The van der Waals surface area contributed by atoms with Crippen LogP contribution in [0.1, 0.15) is 39.2 Å². The SMILES string of the molecule is CCC(CC)C(C)NCc1ccc(Cl)c2cccnc12. The topological polar surface area (TPSA) is 24.9 Å². The van der Waals surface area contributed by atoms with Crippen LogP contribution in [0.2, 0.25) is 5.02 Å². The standard InChI is InChI=1S/C17H23ClN2/c1-4-13(5-2)12(3)20-11-14-8-9-16(18)15-7-6-10-19-17(14)15/h6-10,12-13,20H,4-5,11H2,1-3H3. The van der Waals surface area contributed by atoms with Gasteiger partial charge in [-0.1, -0.05) is 44.4 Å². The Balaban J connectivity index is 2.16. The van der Waals surface area contributed by atoms with Crippen LogP contribution in [0.5, 0.6) is 0 Å². The zero-order valence-corrected chi connectivity index (χ0v) is 13.2. The number of pyridine rings is 1. The van der Waals surface area contributed by atoms with E-state index >= 15 is 0 Å². The smallest absolute Gasteiger partial charge is 0.0761 e. The third kappa shape index (κ3) is 3.31. The van der Waals surface area contributed by atoms with Crippen LogP contribution < -0.4 is 5.32 Å². The van der Waals surface area contributed by atoms with Crippen LogP contribution in [0.4, 0.5) is 0 Å². The van der Waals surface area contributed by atoms with Gasteiger partial charge in [-0.05, 0) is 36.6 Å². The first-order valence-corrected chi connectivity index (χ1v) is 7.80. The lowest BCUT2D eigenvalue weighted by atomic mass is 9.95. The highest BCUT2D eigenvalue weighted by atomic mass is 35.5. The molecule has 0 saturated carbocycles. The van der Waals surface area contributed by atoms with E-state index in [1.165, 1.54) is 18.4 Å². The minimum atomic E-state index is 0.513. The summed E-state index contributed by atoms with van der Waals surface area (Å²) >= 11 is 6.23. The van der Waals surface area contributed by atoms with Gasteiger partial charge in [-0.25, -0.2) is 0 Å². The van der Waals surface area contributed by atoms with Gasteiger partial charge >= 0.3 is 0 Å². The number of nitrogens with one attached hydrogen (secondary N) is 1. The van der Waals surface area contributed by atoms with E-state index in [4.69, 9.17) is 11.6 Å².